The molecule has 3 rings (SSSR count). The summed E-state index contributed by atoms with van der Waals surface area (Å²) in [4.78, 5) is 12.5. The summed E-state index contributed by atoms with van der Waals surface area (Å²) in [6.07, 6.45) is 4.25. The second kappa shape index (κ2) is 6.40. The van der Waals surface area contributed by atoms with Crippen molar-refractivity contribution in [3.8, 4) is 5.75 Å². The predicted molar refractivity (Wildman–Crippen MR) is 84.0 cm³/mol. The Morgan fingerprint density at radius 2 is 2.13 bits per heavy atom. The van der Waals surface area contributed by atoms with Crippen LogP contribution in [0.25, 0.3) is 0 Å². The van der Waals surface area contributed by atoms with Crippen LogP contribution in [0.3, 0.4) is 0 Å². The maximum absolute atomic E-state index is 12.5. The minimum absolute atomic E-state index is 0.0616. The molecule has 0 atom stereocenters. The summed E-state index contributed by atoms with van der Waals surface area (Å²) >= 11 is 0. The van der Waals surface area contributed by atoms with Gasteiger partial charge in [0, 0.05) is 0 Å². The van der Waals surface area contributed by atoms with Gasteiger partial charge in [0.25, 0.3) is 0 Å². The predicted octanol–water partition coefficient (Wildman–Crippen LogP) is 2.51. The molecule has 0 saturated heterocycles. The first-order valence-electron chi connectivity index (χ1n) is 7.86. The summed E-state index contributed by atoms with van der Waals surface area (Å²) in [6, 6.07) is 7.94. The molecule has 1 saturated carbocycles. The van der Waals surface area contributed by atoms with Crippen molar-refractivity contribution >= 4 is 5.91 Å². The van der Waals surface area contributed by atoms with Gasteiger partial charge in [0.2, 0.25) is 5.91 Å². The van der Waals surface area contributed by atoms with Crippen LogP contribution in [0.4, 0.5) is 0 Å². The number of rotatable bonds is 5. The number of nitrogens with one attached hydrogen (secondary N) is 1. The van der Waals surface area contributed by atoms with E-state index in [1.54, 1.807) is 14.0 Å². The van der Waals surface area contributed by atoms with Gasteiger partial charge in [0.15, 0.2) is 0 Å². The van der Waals surface area contributed by atoms with E-state index >= 15 is 0 Å². The lowest BCUT2D eigenvalue weighted by molar-refractivity contribution is -0.122. The molecule has 0 radical (unpaired) electrons. The molecule has 6 nitrogen and oxygen atoms in total. The van der Waals surface area contributed by atoms with Crippen LogP contribution in [0.15, 0.2) is 28.9 Å². The van der Waals surface area contributed by atoms with E-state index in [0.29, 0.717) is 11.4 Å². The number of aromatic nitrogens is 2. The van der Waals surface area contributed by atoms with Crippen molar-refractivity contribution in [1.82, 2.24) is 15.6 Å². The smallest absolute Gasteiger partial charge is 0.226 e. The molecule has 23 heavy (non-hydrogen) atoms. The lowest BCUT2D eigenvalue weighted by atomic mass is 9.87. The Morgan fingerprint density at radius 3 is 2.78 bits per heavy atom. The Morgan fingerprint density at radius 1 is 1.35 bits per heavy atom. The maximum atomic E-state index is 12.5. The lowest BCUT2D eigenvalue weighted by Crippen LogP contribution is -2.44. The Kier molecular flexibility index (Phi) is 4.32. The van der Waals surface area contributed by atoms with Crippen molar-refractivity contribution < 1.29 is 14.2 Å². The maximum Gasteiger partial charge on any atom is 0.226 e. The first-order chi connectivity index (χ1) is 11.1. The zero-order chi connectivity index (χ0) is 16.3. The number of carbonyl (C=O) groups excluding carboxylic acids is 1. The van der Waals surface area contributed by atoms with Crippen LogP contribution in [0.5, 0.6) is 5.75 Å². The molecular formula is C17H21N3O3. The molecule has 0 bridgehead atoms. The normalized spacial score (nSPS) is 16.3. The molecule has 1 heterocycles. The number of aryl methyl sites for hydroxylation is 1. The van der Waals surface area contributed by atoms with E-state index in [4.69, 9.17) is 4.74 Å². The number of hydrogen-bond acceptors (Lipinski definition) is 5. The van der Waals surface area contributed by atoms with Crippen LogP contribution in [-0.2, 0) is 16.8 Å². The molecule has 0 spiro atoms. The molecule has 1 aliphatic carbocycles. The first-order valence-corrected chi connectivity index (χ1v) is 7.86. The zero-order valence-corrected chi connectivity index (χ0v) is 13.5. The van der Waals surface area contributed by atoms with E-state index < -0.39 is 0 Å². The molecule has 1 aliphatic rings. The number of hydrogen-bond donors (Lipinski definition) is 1. The van der Waals surface area contributed by atoms with Crippen LogP contribution >= 0.6 is 0 Å². The van der Waals surface area contributed by atoms with Gasteiger partial charge in [-0.25, -0.2) is 4.63 Å². The van der Waals surface area contributed by atoms with Gasteiger partial charge in [0.1, 0.15) is 17.1 Å². The highest BCUT2D eigenvalue weighted by Gasteiger charge is 2.37. The molecule has 2 aromatic rings. The van der Waals surface area contributed by atoms with Crippen molar-refractivity contribution in [3.63, 3.8) is 0 Å². The van der Waals surface area contributed by atoms with Crippen molar-refractivity contribution in [2.75, 3.05) is 7.11 Å². The minimum Gasteiger partial charge on any atom is -0.497 e. The fraction of sp³-hybridized carbons (Fsp3) is 0.471. The number of benzene rings is 1. The lowest BCUT2D eigenvalue weighted by Gasteiger charge is -2.31. The molecule has 1 fully saturated rings. The number of carbonyl (C=O) groups is 1. The summed E-state index contributed by atoms with van der Waals surface area (Å²) in [6.45, 7) is 1.78. The number of amides is 1. The summed E-state index contributed by atoms with van der Waals surface area (Å²) in [5.74, 6) is 0.744. The highest BCUT2D eigenvalue weighted by Crippen LogP contribution is 2.39. The quantitative estimate of drug-likeness (QED) is 0.917. The second-order valence-corrected chi connectivity index (χ2v) is 6.04. The Bertz CT molecular complexity index is 690. The third-order valence-electron chi connectivity index (χ3n) is 4.53. The monoisotopic (exact) mass is 315 g/mol. The summed E-state index contributed by atoms with van der Waals surface area (Å²) in [5, 5.41) is 10.7. The second-order valence-electron chi connectivity index (χ2n) is 6.04. The highest BCUT2D eigenvalue weighted by molar-refractivity contribution is 5.79. The molecule has 1 aromatic carbocycles. The number of ether oxygens (including phenoxy) is 1. The standard InChI is InChI=1S/C17H21N3O3/c1-12-15(20-23-19-12)11-16(21)18-17(8-3-4-9-17)13-6-5-7-14(10-13)22-2/h5-7,10H,3-4,8-9,11H2,1-2H3,(H,18,21). The zero-order valence-electron chi connectivity index (χ0n) is 13.5. The minimum atomic E-state index is -0.323. The molecule has 1 amide bonds. The SMILES string of the molecule is COc1cccc(C2(NC(=O)Cc3nonc3C)CCCC2)c1. The Labute approximate surface area is 135 Å². The van der Waals surface area contributed by atoms with Gasteiger partial charge in [-0.2, -0.15) is 0 Å². The van der Waals surface area contributed by atoms with Crippen molar-refractivity contribution in [2.45, 2.75) is 44.6 Å². The van der Waals surface area contributed by atoms with E-state index in [1.807, 2.05) is 18.2 Å². The fourth-order valence-electron chi connectivity index (χ4n) is 3.26. The first kappa shape index (κ1) is 15.5. The van der Waals surface area contributed by atoms with Gasteiger partial charge in [0.05, 0.1) is 19.1 Å². The van der Waals surface area contributed by atoms with E-state index in [-0.39, 0.29) is 17.9 Å². The van der Waals surface area contributed by atoms with Crippen LogP contribution in [-0.4, -0.2) is 23.3 Å². The van der Waals surface area contributed by atoms with Gasteiger partial charge < -0.3 is 10.1 Å². The molecule has 122 valence electrons. The van der Waals surface area contributed by atoms with Crippen molar-refractivity contribution in [3.05, 3.63) is 41.2 Å². The highest BCUT2D eigenvalue weighted by atomic mass is 16.6. The average Bonchev–Trinajstić information content (AvgIpc) is 3.18. The molecule has 0 aliphatic heterocycles. The van der Waals surface area contributed by atoms with Gasteiger partial charge in [-0.05, 0) is 37.5 Å². The van der Waals surface area contributed by atoms with E-state index in [2.05, 4.69) is 26.3 Å². The van der Waals surface area contributed by atoms with Crippen LogP contribution < -0.4 is 10.1 Å². The molecule has 0 unspecified atom stereocenters. The van der Waals surface area contributed by atoms with Crippen molar-refractivity contribution in [1.29, 1.82) is 0 Å². The van der Waals surface area contributed by atoms with Gasteiger partial charge >= 0.3 is 0 Å². The fourth-order valence-corrected chi connectivity index (χ4v) is 3.26. The van der Waals surface area contributed by atoms with Crippen LogP contribution in [0.2, 0.25) is 0 Å². The molecular weight excluding hydrogens is 294 g/mol. The van der Waals surface area contributed by atoms with E-state index in [1.165, 1.54) is 0 Å². The van der Waals surface area contributed by atoms with Crippen molar-refractivity contribution in [2.24, 2.45) is 0 Å². The van der Waals surface area contributed by atoms with E-state index in [9.17, 15) is 4.79 Å². The Balaban J connectivity index is 1.80. The topological polar surface area (TPSA) is 77.2 Å². The van der Waals surface area contributed by atoms with Crippen LogP contribution in [0.1, 0.15) is 42.6 Å². The molecule has 1 aromatic heterocycles. The Hall–Kier alpha value is -2.37. The third-order valence-corrected chi connectivity index (χ3v) is 4.53. The molecule has 1 N–H and O–H groups in total. The van der Waals surface area contributed by atoms with Gasteiger partial charge in [-0.1, -0.05) is 35.3 Å². The summed E-state index contributed by atoms with van der Waals surface area (Å²) < 4.78 is 9.98. The summed E-state index contributed by atoms with van der Waals surface area (Å²) in [5.41, 5.74) is 2.01. The van der Waals surface area contributed by atoms with Gasteiger partial charge in [-0.3, -0.25) is 4.79 Å². The average molecular weight is 315 g/mol. The summed E-state index contributed by atoms with van der Waals surface area (Å²) in [7, 11) is 1.65. The molecule has 6 heteroatoms. The number of nitrogens with zero attached hydrogens (tertiary/aromatic N) is 2. The van der Waals surface area contributed by atoms with Crippen LogP contribution in [0, 0.1) is 6.92 Å². The third kappa shape index (κ3) is 3.21. The number of methoxy groups -OCH3 is 1. The van der Waals surface area contributed by atoms with E-state index in [0.717, 1.165) is 37.0 Å². The largest absolute Gasteiger partial charge is 0.497 e. The van der Waals surface area contributed by atoms with Gasteiger partial charge in [-0.15, -0.1) is 0 Å².